The van der Waals surface area contributed by atoms with Crippen LogP contribution in [0.15, 0.2) is 21.3 Å². The quantitative estimate of drug-likeness (QED) is 0.340. The van der Waals surface area contributed by atoms with Crippen molar-refractivity contribution in [3.8, 4) is 0 Å². The predicted molar refractivity (Wildman–Crippen MR) is 125 cm³/mol. The van der Waals surface area contributed by atoms with Crippen molar-refractivity contribution >= 4 is 33.1 Å². The van der Waals surface area contributed by atoms with Gasteiger partial charge in [-0.15, -0.1) is 11.3 Å². The van der Waals surface area contributed by atoms with E-state index in [1.807, 2.05) is 0 Å². The normalized spacial score (nSPS) is 13.3. The number of hydrogen-bond acceptors (Lipinski definition) is 8. The average Bonchev–Trinajstić information content (AvgIpc) is 3.46. The molecule has 5 rings (SSSR count). The maximum absolute atomic E-state index is 13.2. The third-order valence-electron chi connectivity index (χ3n) is 6.09. The van der Waals surface area contributed by atoms with Crippen molar-refractivity contribution in [3.63, 3.8) is 0 Å². The summed E-state index contributed by atoms with van der Waals surface area (Å²) in [6, 6.07) is 3.09. The summed E-state index contributed by atoms with van der Waals surface area (Å²) in [7, 11) is 0. The first-order valence-corrected chi connectivity index (χ1v) is 11.7. The molecular weight excluding hydrogens is 460 g/mol. The van der Waals surface area contributed by atoms with Crippen LogP contribution in [0, 0.1) is 30.9 Å². The molecule has 34 heavy (non-hydrogen) atoms. The highest BCUT2D eigenvalue weighted by Gasteiger charge is 2.24. The highest BCUT2D eigenvalue weighted by molar-refractivity contribution is 7.18. The molecule has 1 aliphatic carbocycles. The summed E-state index contributed by atoms with van der Waals surface area (Å²) in [4.78, 5) is 43.3. The average molecular weight is 483 g/mol. The number of aryl methyl sites for hydroxylation is 4. The first-order chi connectivity index (χ1) is 16.2. The largest absolute Gasteiger partial charge is 0.454 e. The Morgan fingerprint density at radius 1 is 1.26 bits per heavy atom. The number of hydrogen-bond donors (Lipinski definition) is 1. The van der Waals surface area contributed by atoms with E-state index >= 15 is 0 Å². The van der Waals surface area contributed by atoms with E-state index in [0.717, 1.165) is 31.2 Å². The van der Waals surface area contributed by atoms with Crippen molar-refractivity contribution in [1.29, 1.82) is 0 Å². The Kier molecular flexibility index (Phi) is 5.31. The number of nitro groups is 1. The summed E-state index contributed by atoms with van der Waals surface area (Å²) < 4.78 is 8.28. The first kappa shape index (κ1) is 22.0. The van der Waals surface area contributed by atoms with Crippen LogP contribution >= 0.6 is 11.3 Å². The van der Waals surface area contributed by atoms with Crippen molar-refractivity contribution in [1.82, 2.24) is 19.4 Å². The van der Waals surface area contributed by atoms with E-state index in [2.05, 4.69) is 15.5 Å². The molecule has 176 valence electrons. The summed E-state index contributed by atoms with van der Waals surface area (Å²) >= 11 is 1.56. The predicted octanol–water partition coefficient (Wildman–Crippen LogP) is 3.39. The molecule has 0 aliphatic heterocycles. The van der Waals surface area contributed by atoms with Gasteiger partial charge in [-0.3, -0.25) is 29.8 Å². The molecule has 0 fully saturated rings. The van der Waals surface area contributed by atoms with Crippen LogP contribution in [0.25, 0.3) is 10.2 Å². The zero-order valence-corrected chi connectivity index (χ0v) is 19.7. The van der Waals surface area contributed by atoms with Crippen LogP contribution in [-0.2, 0) is 19.4 Å². The molecule has 1 N–H and O–H groups in total. The highest BCUT2D eigenvalue weighted by Crippen LogP contribution is 2.33. The third-order valence-corrected chi connectivity index (χ3v) is 7.27. The molecule has 12 heteroatoms. The van der Waals surface area contributed by atoms with Gasteiger partial charge in [0.15, 0.2) is 5.76 Å². The van der Waals surface area contributed by atoms with E-state index in [1.165, 1.54) is 20.3 Å². The second kappa shape index (κ2) is 8.20. The lowest BCUT2D eigenvalue weighted by Gasteiger charge is -2.12. The molecule has 0 atom stereocenters. The fourth-order valence-corrected chi connectivity index (χ4v) is 5.73. The van der Waals surface area contributed by atoms with E-state index in [1.54, 1.807) is 38.2 Å². The van der Waals surface area contributed by atoms with E-state index in [9.17, 15) is 19.7 Å². The Hall–Kier alpha value is -3.80. The van der Waals surface area contributed by atoms with Gasteiger partial charge in [-0.2, -0.15) is 5.10 Å². The maximum Gasteiger partial charge on any atom is 0.312 e. The van der Waals surface area contributed by atoms with Crippen LogP contribution in [0.1, 0.15) is 56.8 Å². The van der Waals surface area contributed by atoms with E-state index in [0.29, 0.717) is 33.2 Å². The molecule has 0 unspecified atom stereocenters. The molecule has 11 nitrogen and oxygen atoms in total. The van der Waals surface area contributed by atoms with Gasteiger partial charge >= 0.3 is 11.6 Å². The number of thiophene rings is 1. The van der Waals surface area contributed by atoms with Gasteiger partial charge in [0.25, 0.3) is 5.56 Å². The van der Waals surface area contributed by atoms with Gasteiger partial charge in [-0.25, -0.2) is 9.66 Å². The lowest BCUT2D eigenvalue weighted by Crippen LogP contribution is -2.35. The minimum Gasteiger partial charge on any atom is -0.454 e. The minimum absolute atomic E-state index is 0.00442. The van der Waals surface area contributed by atoms with Gasteiger partial charge in [-0.1, -0.05) is 0 Å². The molecule has 0 saturated carbocycles. The fraction of sp³-hybridized carbons (Fsp3) is 0.364. The van der Waals surface area contributed by atoms with Gasteiger partial charge in [0.2, 0.25) is 0 Å². The molecule has 1 amide bonds. The van der Waals surface area contributed by atoms with Crippen molar-refractivity contribution in [2.45, 2.75) is 53.0 Å². The Morgan fingerprint density at radius 3 is 2.76 bits per heavy atom. The van der Waals surface area contributed by atoms with E-state index < -0.39 is 10.8 Å². The lowest BCUT2D eigenvalue weighted by atomic mass is 9.97. The number of aromatic nitrogens is 4. The standard InChI is InChI=1S/C22H22N6O5S/c1-11-19(28(31)32)12(2)26(24-11)10-14-8-9-16(33-14)20(29)25-27-13(3)23-21-18(22(27)30)15-6-4-5-7-17(15)34-21/h8-9H,4-7,10H2,1-3H3,(H,25,29). The van der Waals surface area contributed by atoms with Gasteiger partial charge in [0.1, 0.15) is 27.8 Å². The number of nitrogens with one attached hydrogen (secondary N) is 1. The van der Waals surface area contributed by atoms with E-state index in [4.69, 9.17) is 4.42 Å². The smallest absolute Gasteiger partial charge is 0.312 e. The molecule has 1 aliphatic rings. The molecule has 4 heterocycles. The van der Waals surface area contributed by atoms with Crippen LogP contribution in [0.2, 0.25) is 0 Å². The molecule has 0 saturated heterocycles. The second-order valence-electron chi connectivity index (χ2n) is 8.33. The van der Waals surface area contributed by atoms with Gasteiger partial charge in [0.05, 0.1) is 16.9 Å². The van der Waals surface area contributed by atoms with Crippen LogP contribution in [0.3, 0.4) is 0 Å². The van der Waals surface area contributed by atoms with Crippen molar-refractivity contribution in [3.05, 3.63) is 71.8 Å². The fourth-order valence-electron chi connectivity index (χ4n) is 4.43. The topological polar surface area (TPSA) is 138 Å². The monoisotopic (exact) mass is 482 g/mol. The summed E-state index contributed by atoms with van der Waals surface area (Å²) in [5, 5.41) is 16.0. The van der Waals surface area contributed by atoms with Crippen LogP contribution in [0.4, 0.5) is 5.69 Å². The zero-order valence-electron chi connectivity index (χ0n) is 18.9. The number of nitrogens with zero attached hydrogens (tertiary/aromatic N) is 5. The van der Waals surface area contributed by atoms with Crippen molar-refractivity contribution in [2.24, 2.45) is 0 Å². The number of furan rings is 1. The van der Waals surface area contributed by atoms with Gasteiger partial charge in [-0.05, 0) is 64.2 Å². The third kappa shape index (κ3) is 3.59. The van der Waals surface area contributed by atoms with Gasteiger partial charge in [0, 0.05) is 4.88 Å². The number of carbonyl (C=O) groups is 1. The molecule has 4 aromatic rings. The molecule has 4 aromatic heterocycles. The van der Waals surface area contributed by atoms with Crippen molar-refractivity contribution < 1.29 is 14.1 Å². The lowest BCUT2D eigenvalue weighted by molar-refractivity contribution is -0.386. The Balaban J connectivity index is 1.40. The number of rotatable bonds is 5. The minimum atomic E-state index is -0.596. The van der Waals surface area contributed by atoms with Gasteiger partial charge < -0.3 is 4.42 Å². The molecule has 0 aromatic carbocycles. The number of fused-ring (bicyclic) bond motifs is 3. The SMILES string of the molecule is Cc1nn(Cc2ccc(C(=O)Nn3c(C)nc4sc5c(c4c3=O)CCCC5)o2)c(C)c1[N+](=O)[O-]. The Morgan fingerprint density at radius 2 is 2.03 bits per heavy atom. The highest BCUT2D eigenvalue weighted by atomic mass is 32.1. The summed E-state index contributed by atoms with van der Waals surface area (Å²) in [6.07, 6.45) is 3.94. The Labute approximate surface area is 197 Å². The van der Waals surface area contributed by atoms with Crippen LogP contribution < -0.4 is 11.0 Å². The maximum atomic E-state index is 13.2. The van der Waals surface area contributed by atoms with E-state index in [-0.39, 0.29) is 23.6 Å². The molecule has 0 radical (unpaired) electrons. The number of carbonyl (C=O) groups excluding carboxylic acids is 1. The number of amides is 1. The van der Waals surface area contributed by atoms with Crippen LogP contribution in [-0.4, -0.2) is 30.3 Å². The first-order valence-electron chi connectivity index (χ1n) is 10.9. The van der Waals surface area contributed by atoms with Crippen molar-refractivity contribution in [2.75, 3.05) is 5.43 Å². The molecular formula is C22H22N6O5S. The van der Waals surface area contributed by atoms with Crippen LogP contribution in [0.5, 0.6) is 0 Å². The summed E-state index contributed by atoms with van der Waals surface area (Å²) in [5.41, 5.74) is 4.01. The zero-order chi connectivity index (χ0) is 24.1. The summed E-state index contributed by atoms with van der Waals surface area (Å²) in [5.74, 6) is 0.187. The molecule has 0 bridgehead atoms. The molecule has 0 spiro atoms. The Bertz CT molecular complexity index is 1520. The summed E-state index contributed by atoms with van der Waals surface area (Å²) in [6.45, 7) is 4.97. The second-order valence-corrected chi connectivity index (χ2v) is 9.42.